The summed E-state index contributed by atoms with van der Waals surface area (Å²) in [4.78, 5) is 0. The van der Waals surface area contributed by atoms with Crippen LogP contribution in [0.25, 0.3) is 0 Å². The number of aliphatic hydroxyl groups is 1. The molecule has 0 amide bonds. The van der Waals surface area contributed by atoms with Gasteiger partial charge < -0.3 is 20.5 Å². The molecule has 17 heavy (non-hydrogen) atoms. The van der Waals surface area contributed by atoms with Gasteiger partial charge in [0, 0.05) is 31.3 Å². The molecule has 0 aromatic carbocycles. The fourth-order valence-corrected chi connectivity index (χ4v) is 3.11. The molecular formula is C13H26N2O2. The molecule has 100 valence electrons. The van der Waals surface area contributed by atoms with Gasteiger partial charge in [-0.05, 0) is 32.1 Å². The van der Waals surface area contributed by atoms with Gasteiger partial charge in [-0.1, -0.05) is 6.42 Å². The lowest BCUT2D eigenvalue weighted by Crippen LogP contribution is -2.47. The minimum Gasteiger partial charge on any atom is -0.396 e. The van der Waals surface area contributed by atoms with E-state index in [-0.39, 0.29) is 0 Å². The second kappa shape index (κ2) is 6.69. The van der Waals surface area contributed by atoms with Crippen LogP contribution in [-0.2, 0) is 4.74 Å². The van der Waals surface area contributed by atoms with E-state index in [0.717, 1.165) is 26.2 Å². The molecule has 0 bridgehead atoms. The summed E-state index contributed by atoms with van der Waals surface area (Å²) in [5.74, 6) is 0.466. The minimum atomic E-state index is 0.329. The van der Waals surface area contributed by atoms with Crippen LogP contribution >= 0.6 is 0 Å². The fourth-order valence-electron chi connectivity index (χ4n) is 3.11. The monoisotopic (exact) mass is 242 g/mol. The summed E-state index contributed by atoms with van der Waals surface area (Å²) in [5.41, 5.74) is 0. The minimum absolute atomic E-state index is 0.329. The Labute approximate surface area is 104 Å². The van der Waals surface area contributed by atoms with Gasteiger partial charge >= 0.3 is 0 Å². The van der Waals surface area contributed by atoms with Crippen LogP contribution in [-0.4, -0.2) is 49.6 Å². The number of aliphatic hydroxyl groups excluding tert-OH is 1. The molecule has 4 atom stereocenters. The van der Waals surface area contributed by atoms with Gasteiger partial charge in [-0.25, -0.2) is 0 Å². The maximum atomic E-state index is 9.30. The van der Waals surface area contributed by atoms with E-state index >= 15 is 0 Å². The first-order valence-electron chi connectivity index (χ1n) is 6.97. The third-order valence-corrected chi connectivity index (χ3v) is 4.03. The smallest absolute Gasteiger partial charge is 0.0620 e. The zero-order chi connectivity index (χ0) is 12.1. The summed E-state index contributed by atoms with van der Waals surface area (Å²) >= 11 is 0. The molecule has 1 saturated heterocycles. The molecule has 2 fully saturated rings. The quantitative estimate of drug-likeness (QED) is 0.657. The number of nitrogens with one attached hydrogen (secondary N) is 2. The van der Waals surface area contributed by atoms with Gasteiger partial charge in [-0.2, -0.15) is 0 Å². The van der Waals surface area contributed by atoms with Crippen molar-refractivity contribution in [2.24, 2.45) is 5.92 Å². The van der Waals surface area contributed by atoms with E-state index < -0.39 is 0 Å². The molecule has 1 aliphatic carbocycles. The summed E-state index contributed by atoms with van der Waals surface area (Å²) in [6.45, 7) is 5.21. The molecule has 1 saturated carbocycles. The van der Waals surface area contributed by atoms with Crippen molar-refractivity contribution in [1.82, 2.24) is 10.6 Å². The molecule has 3 N–H and O–H groups in total. The summed E-state index contributed by atoms with van der Waals surface area (Å²) in [6.07, 6.45) is 4.74. The largest absolute Gasteiger partial charge is 0.396 e. The second-order valence-electron chi connectivity index (χ2n) is 5.51. The molecular weight excluding hydrogens is 216 g/mol. The van der Waals surface area contributed by atoms with Crippen molar-refractivity contribution in [3.63, 3.8) is 0 Å². The summed E-state index contributed by atoms with van der Waals surface area (Å²) in [6, 6.07) is 1.49. The van der Waals surface area contributed by atoms with Crippen LogP contribution in [0.1, 0.15) is 32.6 Å². The van der Waals surface area contributed by atoms with Gasteiger partial charge in [0.25, 0.3) is 0 Å². The Morgan fingerprint density at radius 1 is 1.47 bits per heavy atom. The maximum absolute atomic E-state index is 9.30. The van der Waals surface area contributed by atoms with Gasteiger partial charge in [0.1, 0.15) is 0 Å². The molecule has 2 rings (SSSR count). The fraction of sp³-hybridized carbons (Fsp3) is 1.00. The Hall–Kier alpha value is -0.160. The summed E-state index contributed by atoms with van der Waals surface area (Å²) < 4.78 is 5.46. The second-order valence-corrected chi connectivity index (χ2v) is 5.51. The lowest BCUT2D eigenvalue weighted by Gasteiger charge is -2.29. The van der Waals surface area contributed by atoms with Crippen LogP contribution in [0, 0.1) is 5.92 Å². The number of rotatable bonds is 5. The van der Waals surface area contributed by atoms with Crippen molar-refractivity contribution in [3.05, 3.63) is 0 Å². The zero-order valence-corrected chi connectivity index (χ0v) is 10.8. The van der Waals surface area contributed by atoms with E-state index in [4.69, 9.17) is 4.74 Å². The SMILES string of the molecule is CC(CC1COCCN1)NC1CCCC1CO. The highest BCUT2D eigenvalue weighted by atomic mass is 16.5. The van der Waals surface area contributed by atoms with Gasteiger partial charge in [0.15, 0.2) is 0 Å². The maximum Gasteiger partial charge on any atom is 0.0620 e. The molecule has 0 spiro atoms. The molecule has 4 heteroatoms. The number of ether oxygens (including phenoxy) is 1. The first kappa shape index (κ1) is 13.3. The first-order valence-corrected chi connectivity index (χ1v) is 6.97. The molecule has 1 heterocycles. The zero-order valence-electron chi connectivity index (χ0n) is 10.8. The van der Waals surface area contributed by atoms with E-state index in [1.165, 1.54) is 19.3 Å². The average molecular weight is 242 g/mol. The predicted octanol–water partition coefficient (Wildman–Crippen LogP) is 0.504. The molecule has 1 aliphatic heterocycles. The van der Waals surface area contributed by atoms with Gasteiger partial charge in [-0.3, -0.25) is 0 Å². The van der Waals surface area contributed by atoms with Crippen LogP contribution in [0.2, 0.25) is 0 Å². The molecule has 0 radical (unpaired) electrons. The predicted molar refractivity (Wildman–Crippen MR) is 68.0 cm³/mol. The van der Waals surface area contributed by atoms with Crippen molar-refractivity contribution in [2.75, 3.05) is 26.4 Å². The molecule has 0 aromatic heterocycles. The highest BCUT2D eigenvalue weighted by Gasteiger charge is 2.28. The topological polar surface area (TPSA) is 53.5 Å². The van der Waals surface area contributed by atoms with Crippen LogP contribution in [0.3, 0.4) is 0 Å². The van der Waals surface area contributed by atoms with Crippen molar-refractivity contribution in [3.8, 4) is 0 Å². The van der Waals surface area contributed by atoms with Crippen LogP contribution in [0.15, 0.2) is 0 Å². The van der Waals surface area contributed by atoms with Crippen molar-refractivity contribution < 1.29 is 9.84 Å². The Bertz CT molecular complexity index is 219. The lowest BCUT2D eigenvalue weighted by molar-refractivity contribution is 0.0701. The van der Waals surface area contributed by atoms with Crippen molar-refractivity contribution >= 4 is 0 Å². The third kappa shape index (κ3) is 3.91. The third-order valence-electron chi connectivity index (χ3n) is 4.03. The molecule has 0 aromatic rings. The van der Waals surface area contributed by atoms with E-state index in [9.17, 15) is 5.11 Å². The van der Waals surface area contributed by atoms with E-state index in [0.29, 0.717) is 30.7 Å². The molecule has 4 nitrogen and oxygen atoms in total. The van der Waals surface area contributed by atoms with E-state index in [2.05, 4.69) is 17.6 Å². The van der Waals surface area contributed by atoms with Crippen LogP contribution in [0.4, 0.5) is 0 Å². The highest BCUT2D eigenvalue weighted by molar-refractivity contribution is 4.86. The number of hydrogen-bond donors (Lipinski definition) is 3. The standard InChI is InChI=1S/C13H26N2O2/c1-10(7-12-9-17-6-5-14-12)15-13-4-2-3-11(13)8-16/h10-16H,2-9H2,1H3. The summed E-state index contributed by atoms with van der Waals surface area (Å²) in [5, 5.41) is 16.5. The summed E-state index contributed by atoms with van der Waals surface area (Å²) in [7, 11) is 0. The van der Waals surface area contributed by atoms with Gasteiger partial charge in [-0.15, -0.1) is 0 Å². The van der Waals surface area contributed by atoms with E-state index in [1.807, 2.05) is 0 Å². The first-order chi connectivity index (χ1) is 8.29. The van der Waals surface area contributed by atoms with Crippen LogP contribution in [0.5, 0.6) is 0 Å². The Morgan fingerprint density at radius 2 is 2.35 bits per heavy atom. The van der Waals surface area contributed by atoms with Gasteiger partial charge in [0.2, 0.25) is 0 Å². The van der Waals surface area contributed by atoms with Gasteiger partial charge in [0.05, 0.1) is 13.2 Å². The molecule has 2 aliphatic rings. The normalized spacial score (nSPS) is 36.0. The number of morpholine rings is 1. The lowest BCUT2D eigenvalue weighted by atomic mass is 10.0. The Balaban J connectivity index is 1.70. The Morgan fingerprint density at radius 3 is 3.06 bits per heavy atom. The average Bonchev–Trinajstić information content (AvgIpc) is 2.77. The van der Waals surface area contributed by atoms with E-state index in [1.54, 1.807) is 0 Å². The van der Waals surface area contributed by atoms with Crippen molar-refractivity contribution in [2.45, 2.75) is 50.7 Å². The van der Waals surface area contributed by atoms with Crippen molar-refractivity contribution in [1.29, 1.82) is 0 Å². The Kier molecular flexibility index (Phi) is 5.22. The molecule has 4 unspecified atom stereocenters. The van der Waals surface area contributed by atoms with Crippen LogP contribution < -0.4 is 10.6 Å². The highest BCUT2D eigenvalue weighted by Crippen LogP contribution is 2.25. The number of hydrogen-bond acceptors (Lipinski definition) is 4.